The molecule has 0 saturated carbocycles. The van der Waals surface area contributed by atoms with Gasteiger partial charge < -0.3 is 14.8 Å². The highest BCUT2D eigenvalue weighted by Crippen LogP contribution is 2.36. The van der Waals surface area contributed by atoms with Gasteiger partial charge in [-0.05, 0) is 43.9 Å². The molecule has 1 aliphatic heterocycles. The highest BCUT2D eigenvalue weighted by Gasteiger charge is 2.23. The maximum absolute atomic E-state index is 13.3. The van der Waals surface area contributed by atoms with Crippen molar-refractivity contribution in [3.05, 3.63) is 51.1 Å². The Labute approximate surface area is 187 Å². The van der Waals surface area contributed by atoms with E-state index in [0.717, 1.165) is 40.6 Å². The van der Waals surface area contributed by atoms with Gasteiger partial charge >= 0.3 is 0 Å². The molecule has 7 nitrogen and oxygen atoms in total. The van der Waals surface area contributed by atoms with E-state index in [0.29, 0.717) is 28.9 Å². The number of amides is 1. The number of hydrogen-bond donors (Lipinski definition) is 1. The van der Waals surface area contributed by atoms with E-state index in [9.17, 15) is 9.59 Å². The fourth-order valence-corrected chi connectivity index (χ4v) is 5.98. The average molecular weight is 456 g/mol. The van der Waals surface area contributed by atoms with Crippen LogP contribution in [0.3, 0.4) is 0 Å². The molecular weight excluding hydrogens is 434 g/mol. The topological polar surface area (TPSA) is 82.5 Å². The van der Waals surface area contributed by atoms with Crippen LogP contribution in [0, 0.1) is 0 Å². The molecule has 3 heterocycles. The molecular formula is C22H21N3O4S2. The standard InChI is InChI=1S/C22H21N3O4S2/c1-12(2)9-25-21(27)19-14-4-3-5-17(14)31-20(19)24-22(25)30-10-18(26)23-13-6-7-15-16(8-13)29-11-28-15/h6-8H,1,3-5,9-11H2,2H3,(H,23,26). The zero-order chi connectivity index (χ0) is 21.5. The van der Waals surface area contributed by atoms with Gasteiger partial charge in [-0.25, -0.2) is 4.98 Å². The molecule has 160 valence electrons. The number of nitrogens with one attached hydrogen (secondary N) is 1. The van der Waals surface area contributed by atoms with Crippen LogP contribution < -0.4 is 20.3 Å². The molecule has 0 bridgehead atoms. The number of hydrogen-bond acceptors (Lipinski definition) is 7. The summed E-state index contributed by atoms with van der Waals surface area (Å²) in [6.45, 7) is 6.41. The van der Waals surface area contributed by atoms with Gasteiger partial charge in [0.15, 0.2) is 16.7 Å². The Bertz CT molecular complexity index is 1280. The Morgan fingerprint density at radius 1 is 1.32 bits per heavy atom. The van der Waals surface area contributed by atoms with E-state index in [4.69, 9.17) is 14.5 Å². The number of nitrogens with zero attached hydrogens (tertiary/aromatic N) is 2. The van der Waals surface area contributed by atoms with E-state index >= 15 is 0 Å². The second kappa shape index (κ2) is 8.05. The van der Waals surface area contributed by atoms with Crippen molar-refractivity contribution in [3.63, 3.8) is 0 Å². The lowest BCUT2D eigenvalue weighted by molar-refractivity contribution is -0.113. The maximum atomic E-state index is 13.3. The highest BCUT2D eigenvalue weighted by atomic mass is 32.2. The van der Waals surface area contributed by atoms with Crippen molar-refractivity contribution in [2.45, 2.75) is 37.9 Å². The Kier molecular flexibility index (Phi) is 5.23. The molecule has 3 aromatic rings. The van der Waals surface area contributed by atoms with Crippen molar-refractivity contribution in [2.75, 3.05) is 17.9 Å². The van der Waals surface area contributed by atoms with E-state index in [1.807, 2.05) is 6.92 Å². The largest absolute Gasteiger partial charge is 0.454 e. The van der Waals surface area contributed by atoms with Gasteiger partial charge in [-0.3, -0.25) is 14.2 Å². The minimum Gasteiger partial charge on any atom is -0.454 e. The number of anilines is 1. The van der Waals surface area contributed by atoms with Crippen LogP contribution in [0.2, 0.25) is 0 Å². The number of carbonyl (C=O) groups is 1. The second-order valence-corrected chi connectivity index (χ2v) is 9.71. The van der Waals surface area contributed by atoms with Crippen molar-refractivity contribution in [1.82, 2.24) is 9.55 Å². The molecule has 5 rings (SSSR count). The summed E-state index contributed by atoms with van der Waals surface area (Å²) in [7, 11) is 0. The molecule has 0 saturated heterocycles. The molecule has 2 aliphatic rings. The molecule has 0 spiro atoms. The SMILES string of the molecule is C=C(C)Cn1c(SCC(=O)Nc2ccc3c(c2)OCO3)nc2sc3c(c2c1=O)CCC3. The molecule has 1 aliphatic carbocycles. The van der Waals surface area contributed by atoms with Gasteiger partial charge in [0, 0.05) is 23.2 Å². The van der Waals surface area contributed by atoms with Crippen LogP contribution in [0.4, 0.5) is 5.69 Å². The van der Waals surface area contributed by atoms with Crippen LogP contribution in [0.15, 0.2) is 40.3 Å². The molecule has 9 heteroatoms. The number of aromatic nitrogens is 2. The zero-order valence-corrected chi connectivity index (χ0v) is 18.7. The van der Waals surface area contributed by atoms with Gasteiger partial charge in [-0.1, -0.05) is 23.9 Å². The summed E-state index contributed by atoms with van der Waals surface area (Å²) >= 11 is 2.87. The third kappa shape index (κ3) is 3.83. The number of benzene rings is 1. The first-order valence-corrected chi connectivity index (χ1v) is 11.8. The summed E-state index contributed by atoms with van der Waals surface area (Å²) in [4.78, 5) is 32.6. The molecule has 1 aromatic carbocycles. The van der Waals surface area contributed by atoms with E-state index in [2.05, 4.69) is 11.9 Å². The summed E-state index contributed by atoms with van der Waals surface area (Å²) in [5.74, 6) is 1.22. The summed E-state index contributed by atoms with van der Waals surface area (Å²) in [6, 6.07) is 5.27. The molecule has 0 radical (unpaired) electrons. The summed E-state index contributed by atoms with van der Waals surface area (Å²) in [5, 5.41) is 4.15. The maximum Gasteiger partial charge on any atom is 0.263 e. The average Bonchev–Trinajstić information content (AvgIpc) is 3.43. The number of carbonyl (C=O) groups excluding carboxylic acids is 1. The number of rotatable bonds is 6. The van der Waals surface area contributed by atoms with Crippen LogP contribution in [0.5, 0.6) is 11.5 Å². The van der Waals surface area contributed by atoms with Crippen LogP contribution in [0.25, 0.3) is 10.2 Å². The number of fused-ring (bicyclic) bond motifs is 4. The minimum absolute atomic E-state index is 0.0360. The fourth-order valence-electron chi connectivity index (χ4n) is 3.88. The Morgan fingerprint density at radius 2 is 2.16 bits per heavy atom. The predicted octanol–water partition coefficient (Wildman–Crippen LogP) is 3.98. The van der Waals surface area contributed by atoms with E-state index in [1.54, 1.807) is 34.1 Å². The Morgan fingerprint density at radius 3 is 3.00 bits per heavy atom. The molecule has 0 atom stereocenters. The predicted molar refractivity (Wildman–Crippen MR) is 123 cm³/mol. The first kappa shape index (κ1) is 20.1. The summed E-state index contributed by atoms with van der Waals surface area (Å²) in [5.41, 5.74) is 2.62. The van der Waals surface area contributed by atoms with Crippen LogP contribution in [0.1, 0.15) is 23.8 Å². The normalized spacial score (nSPS) is 14.1. The van der Waals surface area contributed by atoms with Gasteiger partial charge in [-0.15, -0.1) is 11.3 Å². The van der Waals surface area contributed by atoms with Gasteiger partial charge in [0.2, 0.25) is 12.7 Å². The summed E-state index contributed by atoms with van der Waals surface area (Å²) in [6.07, 6.45) is 3.04. The third-order valence-corrected chi connectivity index (χ3v) is 7.37. The number of thiophene rings is 1. The monoisotopic (exact) mass is 455 g/mol. The first-order chi connectivity index (χ1) is 15.0. The van der Waals surface area contributed by atoms with Gasteiger partial charge in [0.1, 0.15) is 4.83 Å². The molecule has 2 aromatic heterocycles. The molecule has 1 N–H and O–H groups in total. The lowest BCUT2D eigenvalue weighted by atomic mass is 10.2. The Balaban J connectivity index is 1.38. The van der Waals surface area contributed by atoms with Crippen molar-refractivity contribution in [3.8, 4) is 11.5 Å². The number of aryl methyl sites for hydroxylation is 2. The smallest absolute Gasteiger partial charge is 0.263 e. The molecule has 31 heavy (non-hydrogen) atoms. The third-order valence-electron chi connectivity index (χ3n) is 5.21. The van der Waals surface area contributed by atoms with Crippen molar-refractivity contribution in [1.29, 1.82) is 0 Å². The molecule has 0 fully saturated rings. The van der Waals surface area contributed by atoms with E-state index in [1.165, 1.54) is 16.6 Å². The van der Waals surface area contributed by atoms with Crippen molar-refractivity contribution in [2.24, 2.45) is 0 Å². The zero-order valence-electron chi connectivity index (χ0n) is 17.0. The Hall–Kier alpha value is -2.78. The van der Waals surface area contributed by atoms with Gasteiger partial charge in [0.25, 0.3) is 5.56 Å². The lowest BCUT2D eigenvalue weighted by Gasteiger charge is -2.12. The minimum atomic E-state index is -0.186. The van der Waals surface area contributed by atoms with E-state index < -0.39 is 0 Å². The van der Waals surface area contributed by atoms with E-state index in [-0.39, 0.29) is 24.0 Å². The van der Waals surface area contributed by atoms with Crippen LogP contribution in [-0.2, 0) is 24.2 Å². The van der Waals surface area contributed by atoms with Crippen LogP contribution >= 0.6 is 23.1 Å². The highest BCUT2D eigenvalue weighted by molar-refractivity contribution is 7.99. The van der Waals surface area contributed by atoms with Crippen LogP contribution in [-0.4, -0.2) is 28.0 Å². The molecule has 0 unspecified atom stereocenters. The number of thioether (sulfide) groups is 1. The van der Waals surface area contributed by atoms with Gasteiger partial charge in [0.05, 0.1) is 11.1 Å². The number of allylic oxidation sites excluding steroid dienone is 1. The van der Waals surface area contributed by atoms with Crippen molar-refractivity contribution < 1.29 is 14.3 Å². The van der Waals surface area contributed by atoms with Crippen molar-refractivity contribution >= 4 is 44.9 Å². The number of ether oxygens (including phenoxy) is 2. The first-order valence-electron chi connectivity index (χ1n) is 10.0. The molecule has 1 amide bonds. The fraction of sp³-hybridized carbons (Fsp3) is 0.318. The van der Waals surface area contributed by atoms with Gasteiger partial charge in [-0.2, -0.15) is 0 Å². The lowest BCUT2D eigenvalue weighted by Crippen LogP contribution is -2.24. The second-order valence-electron chi connectivity index (χ2n) is 7.69. The summed E-state index contributed by atoms with van der Waals surface area (Å²) < 4.78 is 12.3. The quantitative estimate of drug-likeness (QED) is 0.344.